The second-order valence-corrected chi connectivity index (χ2v) is 7.41. The molecule has 1 aliphatic heterocycles. The minimum absolute atomic E-state index is 0.0107. The largest absolute Gasteiger partial charge is 0.327 e. The number of nitro benzene ring substituents is 1. The highest BCUT2D eigenvalue weighted by atomic mass is 32.1. The van der Waals surface area contributed by atoms with Crippen LogP contribution in [-0.4, -0.2) is 20.5 Å². The first-order valence-corrected chi connectivity index (χ1v) is 9.74. The maximum Gasteiger partial charge on any atom is 0.281 e. The summed E-state index contributed by atoms with van der Waals surface area (Å²) >= 11 is 5.25. The average Bonchev–Trinajstić information content (AvgIpc) is 3.17. The molecule has 4 rings (SSSR count). The van der Waals surface area contributed by atoms with Crippen molar-refractivity contribution in [3.63, 3.8) is 0 Å². The lowest BCUT2D eigenvalue weighted by Gasteiger charge is -2.14. The van der Waals surface area contributed by atoms with Gasteiger partial charge in [-0.15, -0.1) is 0 Å². The van der Waals surface area contributed by atoms with Crippen molar-refractivity contribution in [3.8, 4) is 5.69 Å². The van der Waals surface area contributed by atoms with Crippen LogP contribution in [0.3, 0.4) is 0 Å². The Kier molecular flexibility index (Phi) is 5.12. The van der Waals surface area contributed by atoms with Gasteiger partial charge in [-0.2, -0.15) is 0 Å². The fraction of sp³-hybridized carbons (Fsp3) is 0.0909. The second-order valence-electron chi connectivity index (χ2n) is 7.02. The zero-order valence-electron chi connectivity index (χ0n) is 16.6. The van der Waals surface area contributed by atoms with Gasteiger partial charge in [0, 0.05) is 23.5 Å². The highest BCUT2D eigenvalue weighted by Gasteiger charge is 2.33. The number of thiocarbonyl (C=S) groups is 1. The molecule has 7 nitrogen and oxygen atoms in total. The van der Waals surface area contributed by atoms with E-state index < -0.39 is 16.6 Å². The lowest BCUT2D eigenvalue weighted by molar-refractivity contribution is -0.384. The van der Waals surface area contributed by atoms with Crippen molar-refractivity contribution in [2.75, 3.05) is 4.90 Å². The van der Waals surface area contributed by atoms with Gasteiger partial charge in [-0.3, -0.25) is 14.9 Å². The van der Waals surface area contributed by atoms with E-state index in [-0.39, 0.29) is 22.2 Å². The summed E-state index contributed by atoms with van der Waals surface area (Å²) < 4.78 is 16.1. The Morgan fingerprint density at radius 2 is 1.87 bits per heavy atom. The van der Waals surface area contributed by atoms with Gasteiger partial charge in [0.05, 0.1) is 16.3 Å². The van der Waals surface area contributed by atoms with Crippen molar-refractivity contribution < 1.29 is 14.1 Å². The lowest BCUT2D eigenvalue weighted by Crippen LogP contribution is -2.31. The van der Waals surface area contributed by atoms with Crippen LogP contribution in [0.2, 0.25) is 0 Å². The molecule has 0 atom stereocenters. The van der Waals surface area contributed by atoms with E-state index in [1.807, 2.05) is 24.5 Å². The number of aryl methyl sites for hydroxylation is 1. The normalized spacial score (nSPS) is 14.9. The predicted octanol–water partition coefficient (Wildman–Crippen LogP) is 4.40. The zero-order valence-corrected chi connectivity index (χ0v) is 17.4. The van der Waals surface area contributed by atoms with Crippen LogP contribution in [-0.2, 0) is 4.79 Å². The quantitative estimate of drug-likeness (QED) is 0.284. The van der Waals surface area contributed by atoms with Crippen LogP contribution < -0.4 is 10.2 Å². The molecule has 9 heteroatoms. The molecule has 0 radical (unpaired) electrons. The fourth-order valence-electron chi connectivity index (χ4n) is 3.62. The summed E-state index contributed by atoms with van der Waals surface area (Å²) in [6.45, 7) is 3.72. The third kappa shape index (κ3) is 3.59. The van der Waals surface area contributed by atoms with Gasteiger partial charge in [-0.1, -0.05) is 18.2 Å². The number of hydrogen-bond donors (Lipinski definition) is 1. The summed E-state index contributed by atoms with van der Waals surface area (Å²) in [6.07, 6.45) is 1.64. The van der Waals surface area contributed by atoms with Gasteiger partial charge < -0.3 is 9.88 Å². The number of nitro groups is 1. The van der Waals surface area contributed by atoms with Crippen LogP contribution >= 0.6 is 12.2 Å². The summed E-state index contributed by atoms with van der Waals surface area (Å²) in [5, 5.41) is 14.1. The number of amides is 1. The Bertz CT molecular complexity index is 1280. The summed E-state index contributed by atoms with van der Waals surface area (Å²) in [4.78, 5) is 24.7. The first-order valence-electron chi connectivity index (χ1n) is 9.33. The van der Waals surface area contributed by atoms with Crippen molar-refractivity contribution >= 4 is 40.7 Å². The maximum atomic E-state index is 14.2. The predicted molar refractivity (Wildman–Crippen MR) is 119 cm³/mol. The molecule has 1 aromatic heterocycles. The first-order chi connectivity index (χ1) is 14.8. The van der Waals surface area contributed by atoms with E-state index in [2.05, 4.69) is 5.32 Å². The number of aromatic nitrogens is 1. The Labute approximate surface area is 182 Å². The van der Waals surface area contributed by atoms with E-state index >= 15 is 0 Å². The number of para-hydroxylation sites is 1. The summed E-state index contributed by atoms with van der Waals surface area (Å²) in [6, 6.07) is 14.1. The van der Waals surface area contributed by atoms with Crippen molar-refractivity contribution in [2.24, 2.45) is 0 Å². The van der Waals surface area contributed by atoms with Crippen LogP contribution in [0.4, 0.5) is 15.8 Å². The molecular formula is C22H17FN4O3S. The Morgan fingerprint density at radius 1 is 1.13 bits per heavy atom. The van der Waals surface area contributed by atoms with Gasteiger partial charge in [0.2, 0.25) is 0 Å². The molecule has 2 heterocycles. The number of rotatable bonds is 4. The number of halogens is 1. The number of nitrogens with one attached hydrogen (secondary N) is 1. The molecule has 31 heavy (non-hydrogen) atoms. The number of hydrogen-bond acceptors (Lipinski definition) is 4. The summed E-state index contributed by atoms with van der Waals surface area (Å²) in [7, 11) is 0. The van der Waals surface area contributed by atoms with Crippen molar-refractivity contribution in [1.82, 2.24) is 9.88 Å². The van der Waals surface area contributed by atoms with E-state index in [1.54, 1.807) is 24.3 Å². The minimum Gasteiger partial charge on any atom is -0.327 e. The third-order valence-electron chi connectivity index (χ3n) is 5.04. The Balaban J connectivity index is 1.72. The van der Waals surface area contributed by atoms with E-state index in [0.29, 0.717) is 5.69 Å². The monoisotopic (exact) mass is 436 g/mol. The van der Waals surface area contributed by atoms with Crippen LogP contribution in [0.15, 0.2) is 60.3 Å². The Morgan fingerprint density at radius 3 is 2.58 bits per heavy atom. The van der Waals surface area contributed by atoms with Gasteiger partial charge in [-0.25, -0.2) is 9.29 Å². The molecule has 1 saturated heterocycles. The average molecular weight is 436 g/mol. The highest BCUT2D eigenvalue weighted by Crippen LogP contribution is 2.28. The van der Waals surface area contributed by atoms with Gasteiger partial charge in [0.15, 0.2) is 5.11 Å². The van der Waals surface area contributed by atoms with Gasteiger partial charge in [-0.05, 0) is 62.0 Å². The van der Waals surface area contributed by atoms with Crippen molar-refractivity contribution in [3.05, 3.63) is 93.2 Å². The zero-order chi connectivity index (χ0) is 22.3. The van der Waals surface area contributed by atoms with Crippen molar-refractivity contribution in [2.45, 2.75) is 13.8 Å². The molecule has 1 amide bonds. The van der Waals surface area contributed by atoms with E-state index in [9.17, 15) is 19.3 Å². The smallest absolute Gasteiger partial charge is 0.281 e. The first kappa shape index (κ1) is 20.4. The van der Waals surface area contributed by atoms with E-state index in [1.165, 1.54) is 30.3 Å². The topological polar surface area (TPSA) is 80.4 Å². The van der Waals surface area contributed by atoms with Gasteiger partial charge >= 0.3 is 0 Å². The lowest BCUT2D eigenvalue weighted by atomic mass is 10.2. The standard InChI is InChI=1S/C22H17FN4O3S/c1-13-10-15(14(2)25(13)16-6-5-7-17(12-16)27(29)30)11-19-21(28)26(22(31)24-19)20-9-4-3-8-18(20)23/h3-12H,1-2H3,(H,24,31)/b19-11-. The molecule has 1 fully saturated rings. The molecular weight excluding hydrogens is 419 g/mol. The number of benzene rings is 2. The minimum atomic E-state index is -0.551. The van der Waals surface area contributed by atoms with Crippen LogP contribution in [0.1, 0.15) is 17.0 Å². The third-order valence-corrected chi connectivity index (χ3v) is 5.33. The van der Waals surface area contributed by atoms with Crippen molar-refractivity contribution in [1.29, 1.82) is 0 Å². The molecule has 0 aliphatic carbocycles. The maximum absolute atomic E-state index is 14.2. The number of anilines is 1. The van der Waals surface area contributed by atoms with Crippen LogP contribution in [0.5, 0.6) is 0 Å². The SMILES string of the molecule is Cc1cc(/C=C2\NC(=S)N(c3ccccc3F)C2=O)c(C)n1-c1cccc([N+](=O)[O-])c1. The molecule has 1 N–H and O–H groups in total. The van der Waals surface area contributed by atoms with Gasteiger partial charge in [0.1, 0.15) is 11.5 Å². The number of nitrogens with zero attached hydrogens (tertiary/aromatic N) is 3. The molecule has 0 bridgehead atoms. The summed E-state index contributed by atoms with van der Waals surface area (Å²) in [5.41, 5.74) is 3.28. The molecule has 0 spiro atoms. The number of non-ortho nitro benzene ring substituents is 1. The van der Waals surface area contributed by atoms with E-state index in [4.69, 9.17) is 12.2 Å². The molecule has 2 aromatic carbocycles. The molecule has 156 valence electrons. The Hall–Kier alpha value is -3.85. The molecule has 3 aromatic rings. The second kappa shape index (κ2) is 7.77. The molecule has 0 unspecified atom stereocenters. The van der Waals surface area contributed by atoms with Crippen LogP contribution in [0, 0.1) is 29.8 Å². The summed E-state index contributed by atoms with van der Waals surface area (Å²) in [5.74, 6) is -1.01. The highest BCUT2D eigenvalue weighted by molar-refractivity contribution is 7.80. The number of carbonyl (C=O) groups is 1. The van der Waals surface area contributed by atoms with E-state index in [0.717, 1.165) is 21.9 Å². The fourth-order valence-corrected chi connectivity index (χ4v) is 3.91. The van der Waals surface area contributed by atoms with Crippen LogP contribution in [0.25, 0.3) is 11.8 Å². The molecule has 1 aliphatic rings. The molecule has 0 saturated carbocycles. The van der Waals surface area contributed by atoms with Gasteiger partial charge in [0.25, 0.3) is 11.6 Å². The number of carbonyl (C=O) groups excluding carboxylic acids is 1.